The number of nitrogens with one attached hydrogen (secondary N) is 2. The van der Waals surface area contributed by atoms with E-state index >= 15 is 0 Å². The lowest BCUT2D eigenvalue weighted by Gasteiger charge is -2.12. The van der Waals surface area contributed by atoms with Crippen molar-refractivity contribution in [3.8, 4) is 0 Å². The zero-order valence-electron chi connectivity index (χ0n) is 16.6. The molecule has 1 heterocycles. The number of guanidine groups is 2. The number of benzene rings is 2. The first kappa shape index (κ1) is 20.8. The van der Waals surface area contributed by atoms with Gasteiger partial charge in [-0.25, -0.2) is 9.98 Å². The van der Waals surface area contributed by atoms with Crippen molar-refractivity contribution in [3.05, 3.63) is 53.1 Å². The second-order valence-electron chi connectivity index (χ2n) is 7.87. The molecule has 1 unspecified atom stereocenters. The van der Waals surface area contributed by atoms with Crippen molar-refractivity contribution in [2.45, 2.75) is 33.4 Å². The Morgan fingerprint density at radius 3 is 2.66 bits per heavy atom. The molecule has 0 aliphatic carbocycles. The average molecular weight is 413 g/mol. The molecule has 0 saturated carbocycles. The lowest BCUT2D eigenvalue weighted by Crippen LogP contribution is -2.18. The molecule has 0 bridgehead atoms. The van der Waals surface area contributed by atoms with E-state index in [0.29, 0.717) is 23.1 Å². The summed E-state index contributed by atoms with van der Waals surface area (Å²) >= 11 is 5.90. The maximum Gasteiger partial charge on any atom is 0.230 e. The minimum atomic E-state index is -0.561. The fourth-order valence-corrected chi connectivity index (χ4v) is 2.79. The summed E-state index contributed by atoms with van der Waals surface area (Å²) in [6, 6.07) is 12.8. The number of anilines is 2. The number of halogens is 1. The van der Waals surface area contributed by atoms with Gasteiger partial charge in [0.2, 0.25) is 11.9 Å². The number of aliphatic imine (C=N–C) groups is 3. The minimum absolute atomic E-state index is 0.0654. The van der Waals surface area contributed by atoms with Gasteiger partial charge in [0.25, 0.3) is 0 Å². The number of aliphatic hydroxyl groups is 1. The first-order chi connectivity index (χ1) is 13.7. The fourth-order valence-electron chi connectivity index (χ4n) is 2.66. The van der Waals surface area contributed by atoms with Crippen LogP contribution in [0.4, 0.5) is 17.1 Å². The Morgan fingerprint density at radius 2 is 1.97 bits per heavy atom. The van der Waals surface area contributed by atoms with Crippen LogP contribution >= 0.6 is 11.6 Å². The quantitative estimate of drug-likeness (QED) is 0.438. The Bertz CT molecular complexity index is 960. The van der Waals surface area contributed by atoms with Crippen molar-refractivity contribution in [3.63, 3.8) is 0 Å². The van der Waals surface area contributed by atoms with Crippen molar-refractivity contribution in [1.82, 2.24) is 0 Å². The molecule has 0 fully saturated rings. The highest BCUT2D eigenvalue weighted by Gasteiger charge is 2.18. The van der Waals surface area contributed by atoms with Crippen LogP contribution in [0.1, 0.15) is 26.3 Å². The molecule has 7 nitrogen and oxygen atoms in total. The third kappa shape index (κ3) is 6.30. The molecule has 29 heavy (non-hydrogen) atoms. The van der Waals surface area contributed by atoms with Gasteiger partial charge >= 0.3 is 0 Å². The summed E-state index contributed by atoms with van der Waals surface area (Å²) < 4.78 is 0. The second kappa shape index (κ2) is 8.63. The number of fused-ring (bicyclic) bond motifs is 1. The van der Waals surface area contributed by atoms with Gasteiger partial charge in [-0.1, -0.05) is 38.4 Å². The van der Waals surface area contributed by atoms with Crippen LogP contribution in [0.15, 0.2) is 57.4 Å². The molecule has 2 aromatic rings. The smallest absolute Gasteiger partial charge is 0.230 e. The summed E-state index contributed by atoms with van der Waals surface area (Å²) in [4.78, 5) is 13.1. The highest BCUT2D eigenvalue weighted by atomic mass is 35.5. The van der Waals surface area contributed by atoms with Crippen LogP contribution < -0.4 is 16.4 Å². The van der Waals surface area contributed by atoms with E-state index < -0.39 is 6.23 Å². The first-order valence-corrected chi connectivity index (χ1v) is 9.64. The van der Waals surface area contributed by atoms with Crippen molar-refractivity contribution < 1.29 is 5.11 Å². The molecule has 1 aliphatic rings. The van der Waals surface area contributed by atoms with Gasteiger partial charge in [0, 0.05) is 29.0 Å². The predicted octanol–water partition coefficient (Wildman–Crippen LogP) is 4.16. The molecule has 5 N–H and O–H groups in total. The topological polar surface area (TPSA) is 107 Å². The Morgan fingerprint density at radius 1 is 1.24 bits per heavy atom. The second-order valence-corrected chi connectivity index (χ2v) is 8.30. The van der Waals surface area contributed by atoms with E-state index in [1.54, 1.807) is 30.5 Å². The van der Waals surface area contributed by atoms with E-state index in [2.05, 4.69) is 25.6 Å². The van der Waals surface area contributed by atoms with Crippen LogP contribution in [0.2, 0.25) is 5.02 Å². The van der Waals surface area contributed by atoms with Gasteiger partial charge in [-0.05, 0) is 47.4 Å². The standard InChI is InChI=1S/C21H25ClN6O/c1-21(2,3)12-24-20(28-19(23)25-15-8-5-14(22)6-9-15)26-16-7-4-13-10-18(29)27-17(13)11-16/h4-9,11-12,18,27,29H,10H2,1-3H3,(H3,23,25,26,28). The average Bonchev–Trinajstić information content (AvgIpc) is 3.00. The summed E-state index contributed by atoms with van der Waals surface area (Å²) in [6.07, 6.45) is 1.82. The SMILES string of the molecule is CC(C)(C)C=NC(=NC(N)=Nc1ccc(Cl)cc1)Nc1ccc2c(c1)NC(O)C2. The zero-order valence-corrected chi connectivity index (χ0v) is 17.4. The fraction of sp³-hybridized carbons (Fsp3) is 0.286. The van der Waals surface area contributed by atoms with E-state index in [-0.39, 0.29) is 11.4 Å². The Hall–Kier alpha value is -2.90. The summed E-state index contributed by atoms with van der Waals surface area (Å²) in [7, 11) is 0. The van der Waals surface area contributed by atoms with Crippen LogP contribution in [-0.4, -0.2) is 29.5 Å². The zero-order chi connectivity index (χ0) is 21.0. The van der Waals surface area contributed by atoms with Crippen LogP contribution in [0.5, 0.6) is 0 Å². The van der Waals surface area contributed by atoms with Gasteiger partial charge < -0.3 is 21.5 Å². The lowest BCUT2D eigenvalue weighted by molar-refractivity contribution is 0.212. The van der Waals surface area contributed by atoms with E-state index in [0.717, 1.165) is 16.9 Å². The Labute approximate surface area is 175 Å². The summed E-state index contributed by atoms with van der Waals surface area (Å²) in [5, 5.41) is 16.6. The normalized spacial score (nSPS) is 17.3. The van der Waals surface area contributed by atoms with Crippen LogP contribution in [0.3, 0.4) is 0 Å². The maximum atomic E-state index is 9.75. The molecule has 0 aromatic heterocycles. The molecule has 2 aromatic carbocycles. The van der Waals surface area contributed by atoms with E-state index in [4.69, 9.17) is 17.3 Å². The monoisotopic (exact) mass is 412 g/mol. The minimum Gasteiger partial charge on any atom is -0.373 e. The molecule has 8 heteroatoms. The number of hydrogen-bond acceptors (Lipinski definition) is 3. The Balaban J connectivity index is 1.86. The Kier molecular flexibility index (Phi) is 6.20. The molecule has 0 radical (unpaired) electrons. The lowest BCUT2D eigenvalue weighted by atomic mass is 9.99. The van der Waals surface area contributed by atoms with Crippen molar-refractivity contribution in [2.24, 2.45) is 26.1 Å². The molecule has 0 saturated heterocycles. The first-order valence-electron chi connectivity index (χ1n) is 9.26. The number of nitrogens with two attached hydrogens (primary N) is 1. The van der Waals surface area contributed by atoms with Gasteiger partial charge in [0.05, 0.1) is 5.69 Å². The van der Waals surface area contributed by atoms with Gasteiger partial charge in [-0.2, -0.15) is 4.99 Å². The van der Waals surface area contributed by atoms with Crippen molar-refractivity contribution >= 4 is 46.8 Å². The highest BCUT2D eigenvalue weighted by molar-refractivity contribution is 6.30. The summed E-state index contributed by atoms with van der Waals surface area (Å²) in [6.45, 7) is 6.12. The molecular formula is C21H25ClN6O. The molecule has 1 atom stereocenters. The number of hydrogen-bond donors (Lipinski definition) is 4. The van der Waals surface area contributed by atoms with Gasteiger partial charge in [-0.3, -0.25) is 0 Å². The molecule has 0 amide bonds. The third-order valence-electron chi connectivity index (χ3n) is 3.97. The summed E-state index contributed by atoms with van der Waals surface area (Å²) in [5.41, 5.74) is 9.24. The number of aliphatic hydroxyl groups excluding tert-OH is 1. The van der Waals surface area contributed by atoms with E-state index in [1.165, 1.54) is 0 Å². The van der Waals surface area contributed by atoms with E-state index in [1.807, 2.05) is 39.0 Å². The molecular weight excluding hydrogens is 388 g/mol. The molecule has 3 rings (SSSR count). The number of nitrogens with zero attached hydrogens (tertiary/aromatic N) is 3. The number of rotatable bonds is 2. The van der Waals surface area contributed by atoms with Gasteiger partial charge in [-0.15, -0.1) is 0 Å². The van der Waals surface area contributed by atoms with Crippen LogP contribution in [0.25, 0.3) is 0 Å². The highest BCUT2D eigenvalue weighted by Crippen LogP contribution is 2.28. The maximum absolute atomic E-state index is 9.75. The van der Waals surface area contributed by atoms with Gasteiger partial charge in [0.1, 0.15) is 6.23 Å². The summed E-state index contributed by atoms with van der Waals surface area (Å²) in [5.74, 6) is 0.379. The largest absolute Gasteiger partial charge is 0.373 e. The van der Waals surface area contributed by atoms with Crippen molar-refractivity contribution in [1.29, 1.82) is 0 Å². The predicted molar refractivity (Wildman–Crippen MR) is 122 cm³/mol. The van der Waals surface area contributed by atoms with Crippen molar-refractivity contribution in [2.75, 3.05) is 10.6 Å². The molecule has 1 aliphatic heterocycles. The van der Waals surface area contributed by atoms with Crippen LogP contribution in [0, 0.1) is 5.41 Å². The molecule has 152 valence electrons. The van der Waals surface area contributed by atoms with E-state index in [9.17, 15) is 5.11 Å². The third-order valence-corrected chi connectivity index (χ3v) is 4.22. The van der Waals surface area contributed by atoms with Crippen LogP contribution in [-0.2, 0) is 6.42 Å². The van der Waals surface area contributed by atoms with Gasteiger partial charge in [0.15, 0.2) is 0 Å². The molecule has 0 spiro atoms.